The number of aryl methyl sites for hydroxylation is 1. The number of aliphatic hydroxyl groups is 1. The summed E-state index contributed by atoms with van der Waals surface area (Å²) in [6, 6.07) is 10.9. The van der Waals surface area contributed by atoms with Gasteiger partial charge in [0.1, 0.15) is 0 Å². The van der Waals surface area contributed by atoms with Crippen LogP contribution in [0.2, 0.25) is 5.02 Å². The third kappa shape index (κ3) is 2.88. The summed E-state index contributed by atoms with van der Waals surface area (Å²) in [6.07, 6.45) is 0.862. The normalized spacial score (nSPS) is 13.3. The SMILES string of the molecule is O=C1NC(=O)c2c1c(-c1ccccc1Cl)cc1c2cc(CO)n1CCCBr.[HH]. The average molecular weight is 450 g/mol. The number of amides is 2. The van der Waals surface area contributed by atoms with Crippen molar-refractivity contribution < 1.29 is 16.1 Å². The van der Waals surface area contributed by atoms with Crippen molar-refractivity contribution in [2.24, 2.45) is 0 Å². The van der Waals surface area contributed by atoms with Gasteiger partial charge in [0.2, 0.25) is 0 Å². The number of carbonyl (C=O) groups excluding carboxylic acids is 2. The number of hydrogen-bond acceptors (Lipinski definition) is 3. The summed E-state index contributed by atoms with van der Waals surface area (Å²) in [5.74, 6) is -0.846. The maximum Gasteiger partial charge on any atom is 0.259 e. The molecule has 1 aromatic heterocycles. The van der Waals surface area contributed by atoms with Crippen LogP contribution in [0, 0.1) is 0 Å². The minimum atomic E-state index is -0.425. The van der Waals surface area contributed by atoms with Crippen LogP contribution in [0.15, 0.2) is 36.4 Å². The molecule has 0 bridgehead atoms. The highest BCUT2D eigenvalue weighted by atomic mass is 79.9. The van der Waals surface area contributed by atoms with Crippen LogP contribution in [0.5, 0.6) is 0 Å². The third-order valence-corrected chi connectivity index (χ3v) is 5.71. The van der Waals surface area contributed by atoms with Crippen LogP contribution in [0.4, 0.5) is 0 Å². The van der Waals surface area contributed by atoms with Gasteiger partial charge in [-0.2, -0.15) is 0 Å². The highest BCUT2D eigenvalue weighted by Gasteiger charge is 2.34. The molecule has 0 spiro atoms. The number of fused-ring (bicyclic) bond motifs is 3. The number of nitrogens with one attached hydrogen (secondary N) is 1. The van der Waals surface area contributed by atoms with E-state index in [4.69, 9.17) is 11.6 Å². The second-order valence-electron chi connectivity index (χ2n) is 6.36. The lowest BCUT2D eigenvalue weighted by atomic mass is 9.94. The lowest BCUT2D eigenvalue weighted by molar-refractivity contribution is 0.0880. The first-order chi connectivity index (χ1) is 13.1. The van der Waals surface area contributed by atoms with E-state index in [1.165, 1.54) is 0 Å². The van der Waals surface area contributed by atoms with Gasteiger partial charge in [-0.15, -0.1) is 0 Å². The zero-order chi connectivity index (χ0) is 19.1. The van der Waals surface area contributed by atoms with Crippen LogP contribution in [0.25, 0.3) is 22.0 Å². The van der Waals surface area contributed by atoms with Gasteiger partial charge in [0.25, 0.3) is 11.8 Å². The second kappa shape index (κ2) is 7.11. The van der Waals surface area contributed by atoms with Crippen molar-refractivity contribution in [1.82, 2.24) is 9.88 Å². The molecule has 0 atom stereocenters. The van der Waals surface area contributed by atoms with Crippen molar-refractivity contribution in [3.8, 4) is 11.1 Å². The molecule has 0 saturated heterocycles. The van der Waals surface area contributed by atoms with E-state index in [1.807, 2.05) is 28.8 Å². The lowest BCUT2D eigenvalue weighted by Gasteiger charge is -2.12. The fraction of sp³-hybridized carbons (Fsp3) is 0.200. The predicted molar refractivity (Wildman–Crippen MR) is 111 cm³/mol. The molecule has 140 valence electrons. The molecule has 0 saturated carbocycles. The van der Waals surface area contributed by atoms with Crippen molar-refractivity contribution in [3.05, 3.63) is 58.2 Å². The number of imide groups is 1. The molecule has 27 heavy (non-hydrogen) atoms. The van der Waals surface area contributed by atoms with Gasteiger partial charge in [-0.1, -0.05) is 45.7 Å². The molecule has 0 fully saturated rings. The van der Waals surface area contributed by atoms with Gasteiger partial charge in [-0.3, -0.25) is 14.9 Å². The summed E-state index contributed by atoms with van der Waals surface area (Å²) in [5.41, 5.74) is 3.51. The first kappa shape index (κ1) is 18.2. The zero-order valence-electron chi connectivity index (χ0n) is 14.3. The van der Waals surface area contributed by atoms with Crippen LogP contribution in [-0.2, 0) is 13.2 Å². The molecular weight excluding hydrogens is 432 g/mol. The van der Waals surface area contributed by atoms with Gasteiger partial charge < -0.3 is 9.67 Å². The quantitative estimate of drug-likeness (QED) is 0.449. The zero-order valence-corrected chi connectivity index (χ0v) is 16.6. The van der Waals surface area contributed by atoms with Gasteiger partial charge in [-0.25, -0.2) is 0 Å². The molecule has 0 unspecified atom stereocenters. The van der Waals surface area contributed by atoms with Crippen molar-refractivity contribution in [1.29, 1.82) is 0 Å². The number of benzene rings is 2. The molecule has 2 aromatic carbocycles. The Bertz CT molecular complexity index is 1100. The summed E-state index contributed by atoms with van der Waals surface area (Å²) in [4.78, 5) is 25.1. The fourth-order valence-corrected chi connectivity index (χ4v) is 4.15. The number of alkyl halides is 1. The standard InChI is InChI=1S/C20H16BrClN2O3.H2/c21-6-3-7-24-11(10-25)8-14-16(24)9-13(12-4-1-2-5-15(12)22)17-18(14)20(27)23-19(17)26;/h1-2,4-5,8-9,25H,3,6-7,10H2,(H,23,26,27);1H. The molecule has 3 aromatic rings. The van der Waals surface area contributed by atoms with E-state index in [0.717, 1.165) is 17.3 Å². The van der Waals surface area contributed by atoms with Gasteiger partial charge >= 0.3 is 0 Å². The minimum absolute atomic E-state index is 0. The first-order valence-corrected chi connectivity index (χ1v) is 10.0. The topological polar surface area (TPSA) is 71.3 Å². The minimum Gasteiger partial charge on any atom is -0.390 e. The molecule has 1 aliphatic rings. The molecule has 4 rings (SSSR count). The van der Waals surface area contributed by atoms with Crippen LogP contribution in [-0.4, -0.2) is 26.8 Å². The first-order valence-electron chi connectivity index (χ1n) is 8.53. The lowest BCUT2D eigenvalue weighted by Crippen LogP contribution is -2.20. The molecule has 0 aliphatic carbocycles. The van der Waals surface area contributed by atoms with E-state index in [0.29, 0.717) is 44.9 Å². The maximum absolute atomic E-state index is 12.5. The van der Waals surface area contributed by atoms with Crippen LogP contribution < -0.4 is 5.32 Å². The van der Waals surface area contributed by atoms with Crippen molar-refractivity contribution in [3.63, 3.8) is 0 Å². The Morgan fingerprint density at radius 1 is 1.11 bits per heavy atom. The Morgan fingerprint density at radius 2 is 1.85 bits per heavy atom. The summed E-state index contributed by atoms with van der Waals surface area (Å²) < 4.78 is 1.99. The van der Waals surface area contributed by atoms with Crippen molar-refractivity contribution in [2.45, 2.75) is 19.6 Å². The Morgan fingerprint density at radius 3 is 2.56 bits per heavy atom. The number of carbonyl (C=O) groups is 2. The molecule has 5 nitrogen and oxygen atoms in total. The van der Waals surface area contributed by atoms with Gasteiger partial charge in [0.15, 0.2) is 0 Å². The smallest absolute Gasteiger partial charge is 0.259 e. The van der Waals surface area contributed by atoms with Gasteiger partial charge in [0.05, 0.1) is 17.7 Å². The predicted octanol–water partition coefficient (Wildman–Crippen LogP) is 4.37. The highest BCUT2D eigenvalue weighted by molar-refractivity contribution is 9.09. The van der Waals surface area contributed by atoms with Gasteiger partial charge in [-0.05, 0) is 30.2 Å². The van der Waals surface area contributed by atoms with Gasteiger partial charge in [0, 0.05) is 40.5 Å². The highest BCUT2D eigenvalue weighted by Crippen LogP contribution is 2.39. The van der Waals surface area contributed by atoms with E-state index in [2.05, 4.69) is 21.2 Å². The largest absolute Gasteiger partial charge is 0.390 e. The molecule has 0 radical (unpaired) electrons. The molecule has 2 N–H and O–H groups in total. The monoisotopic (exact) mass is 448 g/mol. The number of hydrogen-bond donors (Lipinski definition) is 2. The fourth-order valence-electron chi connectivity index (χ4n) is 3.66. The number of halogens is 2. The summed E-state index contributed by atoms with van der Waals surface area (Å²) in [5, 5.41) is 14.2. The van der Waals surface area contributed by atoms with Crippen LogP contribution in [0.1, 0.15) is 34.3 Å². The molecular formula is C20H18BrClN2O3. The van der Waals surface area contributed by atoms with Crippen molar-refractivity contribution in [2.75, 3.05) is 5.33 Å². The molecule has 2 heterocycles. The Labute approximate surface area is 170 Å². The van der Waals surface area contributed by atoms with E-state index in [9.17, 15) is 14.7 Å². The maximum atomic E-state index is 12.5. The average Bonchev–Trinajstić information content (AvgIpc) is 3.16. The molecule has 7 heteroatoms. The number of aliphatic hydroxyl groups excluding tert-OH is 1. The van der Waals surface area contributed by atoms with Crippen molar-refractivity contribution >= 4 is 50.2 Å². The number of nitrogens with zero attached hydrogens (tertiary/aromatic N) is 1. The van der Waals surface area contributed by atoms with E-state index >= 15 is 0 Å². The van der Waals surface area contributed by atoms with Crippen LogP contribution >= 0.6 is 27.5 Å². The van der Waals surface area contributed by atoms with E-state index < -0.39 is 11.8 Å². The Balaban J connectivity index is 0.00000225. The van der Waals surface area contributed by atoms with E-state index in [-0.39, 0.29) is 8.03 Å². The number of rotatable bonds is 5. The number of aromatic nitrogens is 1. The molecule has 2 amide bonds. The summed E-state index contributed by atoms with van der Waals surface area (Å²) in [7, 11) is 0. The third-order valence-electron chi connectivity index (χ3n) is 4.82. The summed E-state index contributed by atoms with van der Waals surface area (Å²) >= 11 is 9.81. The van der Waals surface area contributed by atoms with Crippen LogP contribution in [0.3, 0.4) is 0 Å². The molecule has 1 aliphatic heterocycles. The summed E-state index contributed by atoms with van der Waals surface area (Å²) in [6.45, 7) is 0.531. The van der Waals surface area contributed by atoms with E-state index in [1.54, 1.807) is 12.1 Å². The Kier molecular flexibility index (Phi) is 4.80. The second-order valence-corrected chi connectivity index (χ2v) is 7.56. The Hall–Kier alpha value is -2.15.